The first kappa shape index (κ1) is 24.4. The summed E-state index contributed by atoms with van der Waals surface area (Å²) in [6, 6.07) is 6.76. The van der Waals surface area contributed by atoms with Crippen molar-refractivity contribution >= 4 is 27.3 Å². The van der Waals surface area contributed by atoms with Gasteiger partial charge in [-0.3, -0.25) is 4.79 Å². The van der Waals surface area contributed by atoms with Gasteiger partial charge in [0.2, 0.25) is 10.0 Å². The standard InChI is InChI=1S/C20H29N3O5S2/c1-16-6-8-17(9-7-16)30(25,26)23(11-5-13-28-3)14-19-22-18(15-29-19)20(24)21-10-4-12-27-2/h6-9,15H,4-5,10-14H2,1-3H3,(H,21,24). The molecule has 10 heteroatoms. The maximum absolute atomic E-state index is 13.2. The van der Waals surface area contributed by atoms with Gasteiger partial charge in [-0.05, 0) is 31.9 Å². The fraction of sp³-hybridized carbons (Fsp3) is 0.500. The highest BCUT2D eigenvalue weighted by molar-refractivity contribution is 7.89. The minimum Gasteiger partial charge on any atom is -0.385 e. The van der Waals surface area contributed by atoms with Crippen LogP contribution in [-0.4, -0.2) is 64.1 Å². The second-order valence-electron chi connectivity index (χ2n) is 6.73. The van der Waals surface area contributed by atoms with Crippen molar-refractivity contribution in [2.45, 2.75) is 31.2 Å². The fourth-order valence-corrected chi connectivity index (χ4v) is 4.99. The lowest BCUT2D eigenvalue weighted by Crippen LogP contribution is -2.32. The Labute approximate surface area is 182 Å². The number of amides is 1. The number of hydrogen-bond donors (Lipinski definition) is 1. The molecule has 0 saturated heterocycles. The van der Waals surface area contributed by atoms with Crippen LogP contribution < -0.4 is 5.32 Å². The smallest absolute Gasteiger partial charge is 0.270 e. The number of methoxy groups -OCH3 is 2. The summed E-state index contributed by atoms with van der Waals surface area (Å²) in [6.07, 6.45) is 1.26. The molecule has 0 radical (unpaired) electrons. The number of carbonyl (C=O) groups is 1. The molecule has 1 heterocycles. The van der Waals surface area contributed by atoms with E-state index in [1.165, 1.54) is 15.6 Å². The Morgan fingerprint density at radius 3 is 2.47 bits per heavy atom. The van der Waals surface area contributed by atoms with E-state index in [0.717, 1.165) is 5.56 Å². The quantitative estimate of drug-likeness (QED) is 0.466. The molecule has 1 N–H and O–H groups in total. The normalized spacial score (nSPS) is 11.7. The number of sulfonamides is 1. The monoisotopic (exact) mass is 455 g/mol. The van der Waals surface area contributed by atoms with Crippen molar-refractivity contribution < 1.29 is 22.7 Å². The van der Waals surface area contributed by atoms with E-state index in [4.69, 9.17) is 9.47 Å². The molecule has 8 nitrogen and oxygen atoms in total. The summed E-state index contributed by atoms with van der Waals surface area (Å²) in [4.78, 5) is 16.8. The molecule has 1 aromatic carbocycles. The van der Waals surface area contributed by atoms with Gasteiger partial charge in [-0.1, -0.05) is 17.7 Å². The average molecular weight is 456 g/mol. The van der Waals surface area contributed by atoms with Crippen molar-refractivity contribution in [2.75, 3.05) is 40.5 Å². The Hall–Kier alpha value is -1.85. The third-order valence-corrected chi connectivity index (χ3v) is 7.01. The molecule has 0 unspecified atom stereocenters. The average Bonchev–Trinajstić information content (AvgIpc) is 3.19. The molecular formula is C20H29N3O5S2. The van der Waals surface area contributed by atoms with Crippen LogP contribution in [0.1, 0.15) is 33.9 Å². The molecule has 0 aliphatic heterocycles. The van der Waals surface area contributed by atoms with Crippen molar-refractivity contribution in [3.8, 4) is 0 Å². The lowest BCUT2D eigenvalue weighted by Gasteiger charge is -2.21. The number of nitrogens with zero attached hydrogens (tertiary/aromatic N) is 2. The Bertz CT molecular complexity index is 897. The summed E-state index contributed by atoms with van der Waals surface area (Å²) < 4.78 is 37.7. The number of aryl methyl sites for hydroxylation is 1. The van der Waals surface area contributed by atoms with Crippen LogP contribution in [0.2, 0.25) is 0 Å². The predicted molar refractivity (Wildman–Crippen MR) is 116 cm³/mol. The molecule has 1 amide bonds. The summed E-state index contributed by atoms with van der Waals surface area (Å²) in [5.41, 5.74) is 1.28. The highest BCUT2D eigenvalue weighted by atomic mass is 32.2. The van der Waals surface area contributed by atoms with Crippen LogP contribution in [0.5, 0.6) is 0 Å². The van der Waals surface area contributed by atoms with Crippen molar-refractivity contribution in [3.05, 3.63) is 45.9 Å². The van der Waals surface area contributed by atoms with Gasteiger partial charge in [0.05, 0.1) is 11.4 Å². The Morgan fingerprint density at radius 1 is 1.13 bits per heavy atom. The van der Waals surface area contributed by atoms with Gasteiger partial charge >= 0.3 is 0 Å². The summed E-state index contributed by atoms with van der Waals surface area (Å²) in [5, 5.41) is 4.99. The van der Waals surface area contributed by atoms with Crippen molar-refractivity contribution in [1.29, 1.82) is 0 Å². The molecule has 2 aromatic rings. The van der Waals surface area contributed by atoms with Gasteiger partial charge < -0.3 is 14.8 Å². The molecule has 0 bridgehead atoms. The van der Waals surface area contributed by atoms with E-state index in [0.29, 0.717) is 44.2 Å². The number of rotatable bonds is 13. The highest BCUT2D eigenvalue weighted by Gasteiger charge is 2.25. The number of carbonyl (C=O) groups excluding carboxylic acids is 1. The maximum Gasteiger partial charge on any atom is 0.270 e. The number of benzene rings is 1. The topological polar surface area (TPSA) is 97.8 Å². The third kappa shape index (κ3) is 7.13. The SMILES string of the molecule is COCCCNC(=O)c1csc(CN(CCCOC)S(=O)(=O)c2ccc(C)cc2)n1. The van der Waals surface area contributed by atoms with E-state index < -0.39 is 10.0 Å². The van der Waals surface area contributed by atoms with Crippen molar-refractivity contribution in [2.24, 2.45) is 0 Å². The van der Waals surface area contributed by atoms with E-state index in [2.05, 4.69) is 10.3 Å². The largest absolute Gasteiger partial charge is 0.385 e. The van der Waals surface area contributed by atoms with Crippen LogP contribution in [0.15, 0.2) is 34.5 Å². The number of nitrogens with one attached hydrogen (secondary N) is 1. The highest BCUT2D eigenvalue weighted by Crippen LogP contribution is 2.21. The van der Waals surface area contributed by atoms with Gasteiger partial charge in [0.15, 0.2) is 0 Å². The van der Waals surface area contributed by atoms with Gasteiger partial charge in [-0.2, -0.15) is 4.31 Å². The van der Waals surface area contributed by atoms with Crippen molar-refractivity contribution in [1.82, 2.24) is 14.6 Å². The zero-order valence-corrected chi connectivity index (χ0v) is 19.2. The van der Waals surface area contributed by atoms with Crippen LogP contribution >= 0.6 is 11.3 Å². The lowest BCUT2D eigenvalue weighted by molar-refractivity contribution is 0.0944. The van der Waals surface area contributed by atoms with Crippen LogP contribution in [0, 0.1) is 6.92 Å². The first-order valence-corrected chi connectivity index (χ1v) is 12.0. The Morgan fingerprint density at radius 2 is 1.80 bits per heavy atom. The predicted octanol–water partition coefficient (Wildman–Crippen LogP) is 2.45. The molecule has 0 atom stereocenters. The molecule has 0 aliphatic rings. The number of aromatic nitrogens is 1. The molecule has 2 rings (SSSR count). The summed E-state index contributed by atoms with van der Waals surface area (Å²) in [7, 11) is -0.509. The zero-order chi connectivity index (χ0) is 22.0. The Kier molecular flexibility index (Phi) is 9.86. The molecule has 0 saturated carbocycles. The third-order valence-electron chi connectivity index (χ3n) is 4.32. The second kappa shape index (κ2) is 12.1. The van der Waals surface area contributed by atoms with Gasteiger partial charge in [0, 0.05) is 45.9 Å². The lowest BCUT2D eigenvalue weighted by atomic mass is 10.2. The minimum atomic E-state index is -3.70. The molecule has 0 aliphatic carbocycles. The van der Waals surface area contributed by atoms with E-state index in [-0.39, 0.29) is 23.0 Å². The first-order chi connectivity index (χ1) is 14.4. The van der Waals surface area contributed by atoms with E-state index in [1.807, 2.05) is 6.92 Å². The zero-order valence-electron chi connectivity index (χ0n) is 17.6. The molecule has 1 aromatic heterocycles. The maximum atomic E-state index is 13.2. The minimum absolute atomic E-state index is 0.0988. The van der Waals surface area contributed by atoms with Gasteiger partial charge in [0.25, 0.3) is 5.91 Å². The Balaban J connectivity index is 2.12. The first-order valence-electron chi connectivity index (χ1n) is 9.65. The van der Waals surface area contributed by atoms with Crippen LogP contribution in [0.3, 0.4) is 0 Å². The molecule has 30 heavy (non-hydrogen) atoms. The number of ether oxygens (including phenoxy) is 2. The summed E-state index contributed by atoms with van der Waals surface area (Å²) in [5.74, 6) is -0.277. The molecule has 166 valence electrons. The summed E-state index contributed by atoms with van der Waals surface area (Å²) in [6.45, 7) is 3.81. The van der Waals surface area contributed by atoms with Gasteiger partial charge in [-0.15, -0.1) is 11.3 Å². The van der Waals surface area contributed by atoms with E-state index in [9.17, 15) is 13.2 Å². The van der Waals surface area contributed by atoms with Crippen LogP contribution in [0.25, 0.3) is 0 Å². The molecule has 0 fully saturated rings. The van der Waals surface area contributed by atoms with Crippen LogP contribution in [-0.2, 0) is 26.0 Å². The molecule has 0 spiro atoms. The number of thiazole rings is 1. The fourth-order valence-electron chi connectivity index (χ4n) is 2.68. The van der Waals surface area contributed by atoms with E-state index >= 15 is 0 Å². The number of hydrogen-bond acceptors (Lipinski definition) is 7. The van der Waals surface area contributed by atoms with Crippen LogP contribution in [0.4, 0.5) is 0 Å². The molecular weight excluding hydrogens is 426 g/mol. The van der Waals surface area contributed by atoms with Crippen molar-refractivity contribution in [3.63, 3.8) is 0 Å². The summed E-state index contributed by atoms with van der Waals surface area (Å²) >= 11 is 1.27. The van der Waals surface area contributed by atoms with Gasteiger partial charge in [0.1, 0.15) is 10.7 Å². The van der Waals surface area contributed by atoms with Gasteiger partial charge in [-0.25, -0.2) is 13.4 Å². The second-order valence-corrected chi connectivity index (χ2v) is 9.61. The van der Waals surface area contributed by atoms with E-state index in [1.54, 1.807) is 43.9 Å².